The molecule has 1 aromatic heterocycles. The highest BCUT2D eigenvalue weighted by atomic mass is 16.6. The summed E-state index contributed by atoms with van der Waals surface area (Å²) < 4.78 is 0. The van der Waals surface area contributed by atoms with Crippen molar-refractivity contribution in [3.63, 3.8) is 0 Å². The van der Waals surface area contributed by atoms with Crippen LogP contribution in [0.15, 0.2) is 18.2 Å². The van der Waals surface area contributed by atoms with Crippen LogP contribution in [0.5, 0.6) is 0 Å². The molecule has 1 aliphatic carbocycles. The molecule has 6 nitrogen and oxygen atoms in total. The van der Waals surface area contributed by atoms with E-state index in [-0.39, 0.29) is 5.69 Å². The van der Waals surface area contributed by atoms with Crippen molar-refractivity contribution in [1.82, 2.24) is 9.97 Å². The average Bonchev–Trinajstić information content (AvgIpc) is 2.82. The Bertz CT molecular complexity index is 629. The van der Waals surface area contributed by atoms with Gasteiger partial charge in [0.25, 0.3) is 5.69 Å². The molecule has 0 bridgehead atoms. The summed E-state index contributed by atoms with van der Waals surface area (Å²) in [5.41, 5.74) is 1.53. The van der Waals surface area contributed by atoms with Gasteiger partial charge in [0.1, 0.15) is 0 Å². The van der Waals surface area contributed by atoms with Crippen LogP contribution in [0, 0.1) is 16.0 Å². The van der Waals surface area contributed by atoms with E-state index in [1.165, 1.54) is 25.0 Å². The first-order valence-corrected chi connectivity index (χ1v) is 7.02. The number of imidazole rings is 1. The summed E-state index contributed by atoms with van der Waals surface area (Å²) in [5.74, 6) is 1.52. The summed E-state index contributed by atoms with van der Waals surface area (Å²) in [6.07, 6.45) is 4.78. The van der Waals surface area contributed by atoms with Gasteiger partial charge in [0.2, 0.25) is 5.95 Å². The molecular formula is C14H18N4O2. The molecule has 0 atom stereocenters. The number of H-pyrrole nitrogens is 1. The first-order chi connectivity index (χ1) is 9.61. The van der Waals surface area contributed by atoms with Crippen LogP contribution in [0.25, 0.3) is 11.0 Å². The molecule has 1 saturated carbocycles. The second-order valence-corrected chi connectivity index (χ2v) is 5.65. The molecule has 1 aromatic carbocycles. The Morgan fingerprint density at radius 2 is 2.10 bits per heavy atom. The molecule has 0 amide bonds. The van der Waals surface area contributed by atoms with Crippen LogP contribution < -0.4 is 5.32 Å². The third-order valence-corrected chi connectivity index (χ3v) is 4.03. The fourth-order valence-corrected chi connectivity index (χ4v) is 2.78. The number of benzene rings is 1. The summed E-state index contributed by atoms with van der Waals surface area (Å²) in [5, 5.41) is 14.2. The smallest absolute Gasteiger partial charge is 0.271 e. The molecule has 106 valence electrons. The Labute approximate surface area is 116 Å². The van der Waals surface area contributed by atoms with Crippen LogP contribution >= 0.6 is 0 Å². The minimum absolute atomic E-state index is 0.0826. The maximum absolute atomic E-state index is 10.8. The van der Waals surface area contributed by atoms with Crippen LogP contribution in [0.4, 0.5) is 11.6 Å². The van der Waals surface area contributed by atoms with Crippen molar-refractivity contribution >= 4 is 22.7 Å². The standard InChI is InChI=1S/C14H18N4O2/c1-9-2-4-10(5-3-9)15-14-16-12-7-6-11(18(19)20)8-13(12)17-14/h6-10H,2-5H2,1H3,(H2,15,16,17). The minimum atomic E-state index is -0.393. The Balaban J connectivity index is 1.77. The van der Waals surface area contributed by atoms with Crippen LogP contribution in [-0.4, -0.2) is 20.9 Å². The molecule has 0 radical (unpaired) electrons. The van der Waals surface area contributed by atoms with Gasteiger partial charge in [0.15, 0.2) is 0 Å². The number of aromatic nitrogens is 2. The third-order valence-electron chi connectivity index (χ3n) is 4.03. The molecule has 0 spiro atoms. The van der Waals surface area contributed by atoms with E-state index in [9.17, 15) is 10.1 Å². The zero-order valence-corrected chi connectivity index (χ0v) is 11.4. The second-order valence-electron chi connectivity index (χ2n) is 5.65. The minimum Gasteiger partial charge on any atom is -0.353 e. The molecule has 2 N–H and O–H groups in total. The fraction of sp³-hybridized carbons (Fsp3) is 0.500. The zero-order valence-electron chi connectivity index (χ0n) is 11.4. The van der Waals surface area contributed by atoms with Crippen molar-refractivity contribution < 1.29 is 4.92 Å². The monoisotopic (exact) mass is 274 g/mol. The molecule has 1 fully saturated rings. The van der Waals surface area contributed by atoms with Crippen molar-refractivity contribution in [3.05, 3.63) is 28.3 Å². The van der Waals surface area contributed by atoms with Gasteiger partial charge in [-0.3, -0.25) is 10.1 Å². The van der Waals surface area contributed by atoms with E-state index >= 15 is 0 Å². The zero-order chi connectivity index (χ0) is 14.1. The van der Waals surface area contributed by atoms with Gasteiger partial charge in [0, 0.05) is 18.2 Å². The van der Waals surface area contributed by atoms with E-state index in [1.54, 1.807) is 6.07 Å². The van der Waals surface area contributed by atoms with Crippen LogP contribution in [-0.2, 0) is 0 Å². The maximum Gasteiger partial charge on any atom is 0.271 e. The normalized spacial score (nSPS) is 22.9. The lowest BCUT2D eigenvalue weighted by Gasteiger charge is -2.26. The molecule has 0 saturated heterocycles. The Hall–Kier alpha value is -2.11. The van der Waals surface area contributed by atoms with Crippen molar-refractivity contribution in [2.24, 2.45) is 5.92 Å². The lowest BCUT2D eigenvalue weighted by Crippen LogP contribution is -2.25. The van der Waals surface area contributed by atoms with Crippen LogP contribution in [0.2, 0.25) is 0 Å². The summed E-state index contributed by atoms with van der Waals surface area (Å²) in [7, 11) is 0. The van der Waals surface area contributed by atoms with Gasteiger partial charge in [-0.05, 0) is 37.7 Å². The van der Waals surface area contributed by atoms with E-state index in [4.69, 9.17) is 0 Å². The number of fused-ring (bicyclic) bond motifs is 1. The number of aromatic amines is 1. The predicted molar refractivity (Wildman–Crippen MR) is 77.8 cm³/mol. The number of nitro benzene ring substituents is 1. The number of nitro groups is 1. The SMILES string of the molecule is CC1CCC(Nc2nc3ccc([N+](=O)[O-])cc3[nH]2)CC1. The number of nitrogens with one attached hydrogen (secondary N) is 2. The lowest BCUT2D eigenvalue weighted by molar-refractivity contribution is -0.384. The number of hydrogen-bond acceptors (Lipinski definition) is 4. The van der Waals surface area contributed by atoms with Gasteiger partial charge in [0.05, 0.1) is 16.0 Å². The van der Waals surface area contributed by atoms with Crippen molar-refractivity contribution in [1.29, 1.82) is 0 Å². The summed E-state index contributed by atoms with van der Waals surface area (Å²) in [6, 6.07) is 5.13. The molecule has 3 rings (SSSR count). The molecule has 0 aliphatic heterocycles. The lowest BCUT2D eigenvalue weighted by atomic mass is 9.87. The van der Waals surface area contributed by atoms with Gasteiger partial charge < -0.3 is 10.3 Å². The number of hydrogen-bond donors (Lipinski definition) is 2. The summed E-state index contributed by atoms with van der Waals surface area (Å²) in [4.78, 5) is 17.9. The topological polar surface area (TPSA) is 83.8 Å². The molecule has 20 heavy (non-hydrogen) atoms. The third kappa shape index (κ3) is 2.59. The van der Waals surface area contributed by atoms with Crippen molar-refractivity contribution in [2.45, 2.75) is 38.6 Å². The Morgan fingerprint density at radius 3 is 2.80 bits per heavy atom. The quantitative estimate of drug-likeness (QED) is 0.663. The highest BCUT2D eigenvalue weighted by Gasteiger charge is 2.19. The summed E-state index contributed by atoms with van der Waals surface area (Å²) in [6.45, 7) is 2.29. The number of non-ortho nitro benzene ring substituents is 1. The first-order valence-electron chi connectivity index (χ1n) is 7.02. The molecule has 6 heteroatoms. The largest absolute Gasteiger partial charge is 0.353 e. The molecule has 0 unspecified atom stereocenters. The van der Waals surface area contributed by atoms with Crippen molar-refractivity contribution in [2.75, 3.05) is 5.32 Å². The van der Waals surface area contributed by atoms with Crippen LogP contribution in [0.3, 0.4) is 0 Å². The highest BCUT2D eigenvalue weighted by molar-refractivity contribution is 5.79. The van der Waals surface area contributed by atoms with Gasteiger partial charge in [-0.25, -0.2) is 4.98 Å². The van der Waals surface area contributed by atoms with E-state index in [1.807, 2.05) is 0 Å². The van der Waals surface area contributed by atoms with Gasteiger partial charge >= 0.3 is 0 Å². The highest BCUT2D eigenvalue weighted by Crippen LogP contribution is 2.26. The second kappa shape index (κ2) is 5.11. The van der Waals surface area contributed by atoms with Gasteiger partial charge in [-0.15, -0.1) is 0 Å². The molecule has 1 aliphatic rings. The van der Waals surface area contributed by atoms with Gasteiger partial charge in [-0.1, -0.05) is 6.92 Å². The predicted octanol–water partition coefficient (Wildman–Crippen LogP) is 3.46. The Kier molecular flexibility index (Phi) is 3.30. The molecular weight excluding hydrogens is 256 g/mol. The van der Waals surface area contributed by atoms with Gasteiger partial charge in [-0.2, -0.15) is 0 Å². The van der Waals surface area contributed by atoms with E-state index < -0.39 is 4.92 Å². The van der Waals surface area contributed by atoms with Crippen LogP contribution in [0.1, 0.15) is 32.6 Å². The molecule has 1 heterocycles. The average molecular weight is 274 g/mol. The number of nitrogens with zero attached hydrogens (tertiary/aromatic N) is 2. The van der Waals surface area contributed by atoms with E-state index in [2.05, 4.69) is 22.2 Å². The first kappa shape index (κ1) is 12.9. The van der Waals surface area contributed by atoms with Crippen molar-refractivity contribution in [3.8, 4) is 0 Å². The maximum atomic E-state index is 10.8. The Morgan fingerprint density at radius 1 is 1.35 bits per heavy atom. The fourth-order valence-electron chi connectivity index (χ4n) is 2.78. The van der Waals surface area contributed by atoms with E-state index in [0.717, 1.165) is 24.3 Å². The number of anilines is 1. The number of rotatable bonds is 3. The summed E-state index contributed by atoms with van der Waals surface area (Å²) >= 11 is 0. The molecule has 2 aromatic rings. The van der Waals surface area contributed by atoms with E-state index in [0.29, 0.717) is 17.5 Å².